The summed E-state index contributed by atoms with van der Waals surface area (Å²) in [5.74, 6) is 1.47. The molecule has 5 heteroatoms. The number of rotatable bonds is 5. The standard InChI is InChI=1S/C13H25NO3S/c1-10-7-11(2)12(13(15)8-10)9-14(3)5-6-18(4,16)17/h10-12H,5-9H2,1-4H3. The second kappa shape index (κ2) is 6.15. The average molecular weight is 275 g/mol. The molecule has 1 fully saturated rings. The third-order valence-corrected chi connectivity index (χ3v) is 4.70. The summed E-state index contributed by atoms with van der Waals surface area (Å²) in [7, 11) is -1.03. The number of hydrogen-bond donors (Lipinski definition) is 0. The Labute approximate surface area is 111 Å². The third-order valence-electron chi connectivity index (χ3n) is 3.78. The summed E-state index contributed by atoms with van der Waals surface area (Å²) >= 11 is 0. The molecule has 1 rings (SSSR count). The topological polar surface area (TPSA) is 54.5 Å². The van der Waals surface area contributed by atoms with Crippen molar-refractivity contribution in [3.8, 4) is 0 Å². The lowest BCUT2D eigenvalue weighted by atomic mass is 9.74. The van der Waals surface area contributed by atoms with Gasteiger partial charge in [-0.2, -0.15) is 0 Å². The Kier molecular flexibility index (Phi) is 5.34. The molecule has 0 amide bonds. The van der Waals surface area contributed by atoms with Gasteiger partial charge in [0.2, 0.25) is 0 Å². The van der Waals surface area contributed by atoms with Crippen molar-refractivity contribution in [2.75, 3.05) is 32.1 Å². The lowest BCUT2D eigenvalue weighted by molar-refractivity contribution is -0.128. The van der Waals surface area contributed by atoms with Gasteiger partial charge in [0.25, 0.3) is 0 Å². The molecule has 0 saturated heterocycles. The summed E-state index contributed by atoms with van der Waals surface area (Å²) in [5.41, 5.74) is 0. The van der Waals surface area contributed by atoms with Gasteiger partial charge in [-0.3, -0.25) is 4.79 Å². The van der Waals surface area contributed by atoms with Crippen LogP contribution >= 0.6 is 0 Å². The van der Waals surface area contributed by atoms with Crippen LogP contribution in [0.25, 0.3) is 0 Å². The highest BCUT2D eigenvalue weighted by atomic mass is 32.2. The number of carbonyl (C=O) groups is 1. The van der Waals surface area contributed by atoms with E-state index in [1.54, 1.807) is 0 Å². The van der Waals surface area contributed by atoms with E-state index >= 15 is 0 Å². The number of Topliss-reactive ketones (excluding diaryl/α,β-unsaturated/α-hetero) is 1. The van der Waals surface area contributed by atoms with Crippen LogP contribution in [0.5, 0.6) is 0 Å². The van der Waals surface area contributed by atoms with E-state index in [-0.39, 0.29) is 11.7 Å². The quantitative estimate of drug-likeness (QED) is 0.757. The van der Waals surface area contributed by atoms with E-state index < -0.39 is 9.84 Å². The lowest BCUT2D eigenvalue weighted by Gasteiger charge is -2.33. The minimum Gasteiger partial charge on any atom is -0.305 e. The number of ketones is 1. The van der Waals surface area contributed by atoms with E-state index in [1.807, 2.05) is 11.9 Å². The van der Waals surface area contributed by atoms with Crippen LogP contribution in [0.4, 0.5) is 0 Å². The van der Waals surface area contributed by atoms with Gasteiger partial charge in [0, 0.05) is 31.7 Å². The number of carbonyl (C=O) groups excluding carboxylic acids is 1. The molecule has 1 saturated carbocycles. The van der Waals surface area contributed by atoms with Crippen LogP contribution in [0.15, 0.2) is 0 Å². The summed E-state index contributed by atoms with van der Waals surface area (Å²) in [5, 5.41) is 0. The fourth-order valence-corrected chi connectivity index (χ4v) is 3.37. The summed E-state index contributed by atoms with van der Waals surface area (Å²) < 4.78 is 22.2. The number of nitrogens with zero attached hydrogens (tertiary/aromatic N) is 1. The first-order valence-electron chi connectivity index (χ1n) is 6.58. The molecule has 3 unspecified atom stereocenters. The zero-order chi connectivity index (χ0) is 13.9. The van der Waals surface area contributed by atoms with Crippen LogP contribution in [-0.4, -0.2) is 51.2 Å². The lowest BCUT2D eigenvalue weighted by Crippen LogP contribution is -2.40. The van der Waals surface area contributed by atoms with Crippen molar-refractivity contribution in [3.05, 3.63) is 0 Å². The molecule has 0 aromatic rings. The second-order valence-electron chi connectivity index (χ2n) is 5.99. The smallest absolute Gasteiger partial charge is 0.148 e. The molecule has 0 spiro atoms. The molecule has 0 aromatic carbocycles. The van der Waals surface area contributed by atoms with E-state index in [0.29, 0.717) is 37.1 Å². The molecule has 18 heavy (non-hydrogen) atoms. The highest BCUT2D eigenvalue weighted by Crippen LogP contribution is 2.31. The molecule has 0 aliphatic heterocycles. The Hall–Kier alpha value is -0.420. The predicted octanol–water partition coefficient (Wildman–Crippen LogP) is 1.21. The molecule has 0 radical (unpaired) electrons. The maximum atomic E-state index is 12.0. The molecule has 106 valence electrons. The van der Waals surface area contributed by atoms with Gasteiger partial charge < -0.3 is 4.90 Å². The molecule has 4 nitrogen and oxygen atoms in total. The van der Waals surface area contributed by atoms with Gasteiger partial charge in [0.05, 0.1) is 5.75 Å². The first-order valence-corrected chi connectivity index (χ1v) is 8.64. The Morgan fingerprint density at radius 2 is 1.94 bits per heavy atom. The van der Waals surface area contributed by atoms with Crippen molar-refractivity contribution >= 4 is 15.6 Å². The Morgan fingerprint density at radius 3 is 2.44 bits per heavy atom. The molecule has 0 N–H and O–H groups in total. The number of hydrogen-bond acceptors (Lipinski definition) is 4. The van der Waals surface area contributed by atoms with Crippen molar-refractivity contribution in [1.82, 2.24) is 4.90 Å². The van der Waals surface area contributed by atoms with Crippen LogP contribution in [0.2, 0.25) is 0 Å². The van der Waals surface area contributed by atoms with Crippen molar-refractivity contribution in [2.45, 2.75) is 26.7 Å². The maximum Gasteiger partial charge on any atom is 0.148 e. The minimum absolute atomic E-state index is 0.0748. The van der Waals surface area contributed by atoms with Gasteiger partial charge in [-0.1, -0.05) is 13.8 Å². The van der Waals surface area contributed by atoms with Crippen LogP contribution in [0.3, 0.4) is 0 Å². The fraction of sp³-hybridized carbons (Fsp3) is 0.923. The normalized spacial score (nSPS) is 29.8. The third kappa shape index (κ3) is 5.06. The molecular formula is C13H25NO3S. The summed E-state index contributed by atoms with van der Waals surface area (Å²) in [4.78, 5) is 14.0. The number of sulfone groups is 1. The molecular weight excluding hydrogens is 250 g/mol. The van der Waals surface area contributed by atoms with E-state index in [0.717, 1.165) is 6.42 Å². The zero-order valence-corrected chi connectivity index (χ0v) is 12.7. The molecule has 3 atom stereocenters. The Balaban J connectivity index is 2.48. The van der Waals surface area contributed by atoms with Gasteiger partial charge in [0.15, 0.2) is 0 Å². The molecule has 1 aliphatic carbocycles. The van der Waals surface area contributed by atoms with E-state index in [2.05, 4.69) is 13.8 Å². The molecule has 1 aliphatic rings. The van der Waals surface area contributed by atoms with Crippen molar-refractivity contribution in [3.63, 3.8) is 0 Å². The maximum absolute atomic E-state index is 12.0. The minimum atomic E-state index is -2.92. The van der Waals surface area contributed by atoms with Crippen LogP contribution < -0.4 is 0 Å². The molecule has 0 aromatic heterocycles. The van der Waals surface area contributed by atoms with Crippen LogP contribution in [0, 0.1) is 17.8 Å². The van der Waals surface area contributed by atoms with Gasteiger partial charge in [-0.05, 0) is 25.3 Å². The first kappa shape index (κ1) is 15.6. The van der Waals surface area contributed by atoms with Crippen molar-refractivity contribution < 1.29 is 13.2 Å². The largest absolute Gasteiger partial charge is 0.305 e. The highest BCUT2D eigenvalue weighted by Gasteiger charge is 2.32. The summed E-state index contributed by atoms with van der Waals surface area (Å²) in [6.45, 7) is 5.44. The van der Waals surface area contributed by atoms with Crippen molar-refractivity contribution in [1.29, 1.82) is 0 Å². The summed E-state index contributed by atoms with van der Waals surface area (Å²) in [6, 6.07) is 0. The predicted molar refractivity (Wildman–Crippen MR) is 73.3 cm³/mol. The summed E-state index contributed by atoms with van der Waals surface area (Å²) in [6.07, 6.45) is 3.02. The van der Waals surface area contributed by atoms with Crippen LogP contribution in [0.1, 0.15) is 26.7 Å². The van der Waals surface area contributed by atoms with Gasteiger partial charge in [0.1, 0.15) is 15.6 Å². The monoisotopic (exact) mass is 275 g/mol. The fourth-order valence-electron chi connectivity index (χ4n) is 2.72. The van der Waals surface area contributed by atoms with Gasteiger partial charge in [-0.15, -0.1) is 0 Å². The SMILES string of the molecule is CC1CC(=O)C(CN(C)CCS(C)(=O)=O)C(C)C1. The second-order valence-corrected chi connectivity index (χ2v) is 8.25. The molecule has 0 bridgehead atoms. The van der Waals surface area contributed by atoms with Gasteiger partial charge >= 0.3 is 0 Å². The van der Waals surface area contributed by atoms with Crippen molar-refractivity contribution in [2.24, 2.45) is 17.8 Å². The zero-order valence-electron chi connectivity index (χ0n) is 11.8. The average Bonchev–Trinajstić information content (AvgIpc) is 2.19. The Morgan fingerprint density at radius 1 is 1.33 bits per heavy atom. The van der Waals surface area contributed by atoms with E-state index in [9.17, 15) is 13.2 Å². The van der Waals surface area contributed by atoms with Gasteiger partial charge in [-0.25, -0.2) is 8.42 Å². The molecule has 0 heterocycles. The highest BCUT2D eigenvalue weighted by molar-refractivity contribution is 7.90. The first-order chi connectivity index (χ1) is 8.19. The van der Waals surface area contributed by atoms with E-state index in [1.165, 1.54) is 6.26 Å². The Bertz CT molecular complexity index is 391. The van der Waals surface area contributed by atoms with E-state index in [4.69, 9.17) is 0 Å². The van der Waals surface area contributed by atoms with Crippen LogP contribution in [-0.2, 0) is 14.6 Å².